The minimum atomic E-state index is -1.00. The Bertz CT molecular complexity index is 1110. The highest BCUT2D eigenvalue weighted by molar-refractivity contribution is 6.40. The lowest BCUT2D eigenvalue weighted by Gasteiger charge is -2.31. The number of anilines is 1. The van der Waals surface area contributed by atoms with Gasteiger partial charge in [0, 0.05) is 28.4 Å². The van der Waals surface area contributed by atoms with Crippen molar-refractivity contribution in [3.8, 4) is 0 Å². The molecule has 1 amide bonds. The Kier molecular flexibility index (Phi) is 8.55. The molecule has 10 heteroatoms. The minimum Gasteiger partial charge on any atom is -0.480 e. The molecule has 0 spiro atoms. The predicted molar refractivity (Wildman–Crippen MR) is 138 cm³/mol. The number of hydrogen-bond acceptors (Lipinski definition) is 5. The number of carbonyl (C=O) groups is 2. The molecule has 1 saturated carbocycles. The lowest BCUT2D eigenvalue weighted by atomic mass is 9.85. The summed E-state index contributed by atoms with van der Waals surface area (Å²) in [7, 11) is 0. The molecule has 1 aliphatic carbocycles. The molecular weight excluding hydrogens is 513 g/mol. The van der Waals surface area contributed by atoms with Gasteiger partial charge in [-0.2, -0.15) is 5.10 Å². The number of hydrogen-bond donors (Lipinski definition) is 2. The second-order valence-corrected chi connectivity index (χ2v) is 10.1. The molecule has 4 rings (SSSR count). The van der Waals surface area contributed by atoms with E-state index in [0.717, 1.165) is 31.2 Å². The van der Waals surface area contributed by atoms with Gasteiger partial charge in [-0.3, -0.25) is 9.80 Å². The highest BCUT2D eigenvalue weighted by Gasteiger charge is 2.35. The number of hydrazone groups is 1. The third-order valence-electron chi connectivity index (χ3n) is 6.37. The summed E-state index contributed by atoms with van der Waals surface area (Å²) in [5.41, 5.74) is 1.99. The number of rotatable bonds is 8. The molecule has 1 heterocycles. The number of amides is 1. The van der Waals surface area contributed by atoms with Crippen LogP contribution in [0.5, 0.6) is 0 Å². The summed E-state index contributed by atoms with van der Waals surface area (Å²) in [6, 6.07) is 12.3. The molecule has 2 aliphatic rings. The van der Waals surface area contributed by atoms with Gasteiger partial charge >= 0.3 is 5.97 Å². The summed E-state index contributed by atoms with van der Waals surface area (Å²) in [6.45, 7) is -0.0485. The van der Waals surface area contributed by atoms with E-state index >= 15 is 0 Å². The van der Waals surface area contributed by atoms with Gasteiger partial charge in [0.25, 0.3) is 5.91 Å². The van der Waals surface area contributed by atoms with Crippen LogP contribution in [-0.4, -0.2) is 42.0 Å². The van der Waals surface area contributed by atoms with Gasteiger partial charge in [-0.15, -0.1) is 0 Å². The highest BCUT2D eigenvalue weighted by atomic mass is 35.5. The second-order valence-electron chi connectivity index (χ2n) is 8.79. The molecule has 2 aromatic carbocycles. The van der Waals surface area contributed by atoms with Gasteiger partial charge in [-0.05, 0) is 48.7 Å². The number of carbonyl (C=O) groups excluding carboxylic acids is 1. The zero-order chi connectivity index (χ0) is 24.9. The number of nitrogens with one attached hydrogen (secondary N) is 1. The number of aliphatic carboxylic acids is 1. The third kappa shape index (κ3) is 6.47. The smallest absolute Gasteiger partial charge is 0.329 e. The van der Waals surface area contributed by atoms with Gasteiger partial charge in [0.05, 0.1) is 23.4 Å². The van der Waals surface area contributed by atoms with Crippen LogP contribution in [0.15, 0.2) is 47.6 Å². The molecule has 1 fully saturated rings. The zero-order valence-electron chi connectivity index (χ0n) is 18.9. The van der Waals surface area contributed by atoms with Crippen molar-refractivity contribution in [2.45, 2.75) is 44.2 Å². The van der Waals surface area contributed by atoms with Gasteiger partial charge in [-0.1, -0.05) is 59.8 Å². The van der Waals surface area contributed by atoms with Crippen LogP contribution in [0, 0.1) is 5.92 Å². The SMILES string of the molecule is O=C(O)COCC1CCCCC1NC(=O)C1=NN(c2ccc(Cl)cc2Cl)C(c2ccc(Cl)cc2)C1. The number of benzene rings is 2. The van der Waals surface area contributed by atoms with E-state index in [1.165, 1.54) is 0 Å². The van der Waals surface area contributed by atoms with Crippen molar-refractivity contribution in [1.82, 2.24) is 5.32 Å². The van der Waals surface area contributed by atoms with E-state index in [4.69, 9.17) is 44.6 Å². The maximum Gasteiger partial charge on any atom is 0.329 e. The summed E-state index contributed by atoms with van der Waals surface area (Å²) in [6.07, 6.45) is 4.09. The van der Waals surface area contributed by atoms with Crippen molar-refractivity contribution in [1.29, 1.82) is 0 Å². The average Bonchev–Trinajstić information content (AvgIpc) is 3.26. The van der Waals surface area contributed by atoms with E-state index in [0.29, 0.717) is 39.5 Å². The highest BCUT2D eigenvalue weighted by Crippen LogP contribution is 2.40. The molecule has 0 radical (unpaired) electrons. The molecule has 3 atom stereocenters. The summed E-state index contributed by atoms with van der Waals surface area (Å²) in [5.74, 6) is -1.19. The Morgan fingerprint density at radius 3 is 2.49 bits per heavy atom. The van der Waals surface area contributed by atoms with Crippen LogP contribution in [0.25, 0.3) is 0 Å². The van der Waals surface area contributed by atoms with Gasteiger partial charge in [0.1, 0.15) is 12.3 Å². The Balaban J connectivity index is 1.54. The van der Waals surface area contributed by atoms with Crippen LogP contribution in [0.3, 0.4) is 0 Å². The first-order valence-corrected chi connectivity index (χ1v) is 12.6. The fraction of sp³-hybridized carbons (Fsp3) is 0.400. The van der Waals surface area contributed by atoms with E-state index in [2.05, 4.69) is 10.4 Å². The van der Waals surface area contributed by atoms with Crippen molar-refractivity contribution < 1.29 is 19.4 Å². The Labute approximate surface area is 219 Å². The standard InChI is InChI=1S/C25H26Cl3N3O4/c26-17-7-5-15(6-8-17)23-12-21(30-31(23)22-10-9-18(27)11-19(22)28)25(34)29-20-4-2-1-3-16(20)13-35-14-24(32)33/h5-11,16,20,23H,1-4,12-14H2,(H,29,34)(H,32,33). The molecular formula is C25H26Cl3N3O4. The fourth-order valence-corrected chi connectivity index (χ4v) is 5.25. The quantitative estimate of drug-likeness (QED) is 0.448. The molecule has 2 aromatic rings. The molecule has 3 unspecified atom stereocenters. The predicted octanol–water partition coefficient (Wildman–Crippen LogP) is 5.73. The van der Waals surface area contributed by atoms with Crippen molar-refractivity contribution in [2.24, 2.45) is 11.0 Å². The Morgan fingerprint density at radius 1 is 1.06 bits per heavy atom. The molecule has 1 aliphatic heterocycles. The average molecular weight is 539 g/mol. The Morgan fingerprint density at radius 2 is 1.77 bits per heavy atom. The molecule has 186 valence electrons. The zero-order valence-corrected chi connectivity index (χ0v) is 21.2. The first kappa shape index (κ1) is 25.8. The maximum absolute atomic E-state index is 13.3. The lowest BCUT2D eigenvalue weighted by Crippen LogP contribution is -2.46. The first-order valence-electron chi connectivity index (χ1n) is 11.5. The topological polar surface area (TPSA) is 91.2 Å². The fourth-order valence-electron chi connectivity index (χ4n) is 4.63. The van der Waals surface area contributed by atoms with Crippen LogP contribution in [0.2, 0.25) is 15.1 Å². The summed E-state index contributed by atoms with van der Waals surface area (Å²) in [4.78, 5) is 24.1. The summed E-state index contributed by atoms with van der Waals surface area (Å²) < 4.78 is 5.33. The normalized spacial score (nSPS) is 22.1. The van der Waals surface area contributed by atoms with E-state index in [1.54, 1.807) is 35.3 Å². The van der Waals surface area contributed by atoms with Crippen LogP contribution in [0.4, 0.5) is 5.69 Å². The van der Waals surface area contributed by atoms with Crippen LogP contribution in [-0.2, 0) is 14.3 Å². The molecule has 0 saturated heterocycles. The van der Waals surface area contributed by atoms with E-state index in [9.17, 15) is 9.59 Å². The molecule has 2 N–H and O–H groups in total. The number of carboxylic acid groups (broad SMARTS) is 1. The summed E-state index contributed by atoms with van der Waals surface area (Å²) >= 11 is 18.7. The third-order valence-corrected chi connectivity index (χ3v) is 7.16. The lowest BCUT2D eigenvalue weighted by molar-refractivity contribution is -0.143. The van der Waals surface area contributed by atoms with E-state index in [1.807, 2.05) is 12.1 Å². The first-order chi connectivity index (χ1) is 16.8. The van der Waals surface area contributed by atoms with Crippen LogP contribution >= 0.6 is 34.8 Å². The molecule has 0 bridgehead atoms. The summed E-state index contributed by atoms with van der Waals surface area (Å²) in [5, 5.41) is 20.0. The van der Waals surface area contributed by atoms with Crippen molar-refractivity contribution in [2.75, 3.05) is 18.2 Å². The second kappa shape index (κ2) is 11.6. The Hall–Kier alpha value is -2.32. The number of nitrogens with zero attached hydrogens (tertiary/aromatic N) is 2. The van der Waals surface area contributed by atoms with Crippen molar-refractivity contribution >= 4 is 58.1 Å². The largest absolute Gasteiger partial charge is 0.480 e. The van der Waals surface area contributed by atoms with E-state index < -0.39 is 5.97 Å². The molecule has 0 aromatic heterocycles. The van der Waals surface area contributed by atoms with Gasteiger partial charge in [-0.25, -0.2) is 4.79 Å². The van der Waals surface area contributed by atoms with Crippen molar-refractivity contribution in [3.63, 3.8) is 0 Å². The minimum absolute atomic E-state index is 0.0583. The molecule has 7 nitrogen and oxygen atoms in total. The number of halogens is 3. The number of carboxylic acids is 1. The van der Waals surface area contributed by atoms with Crippen LogP contribution < -0.4 is 10.3 Å². The monoisotopic (exact) mass is 537 g/mol. The van der Waals surface area contributed by atoms with Gasteiger partial charge in [0.15, 0.2) is 0 Å². The maximum atomic E-state index is 13.3. The molecule has 35 heavy (non-hydrogen) atoms. The van der Waals surface area contributed by atoms with E-state index in [-0.39, 0.29) is 30.5 Å². The number of ether oxygens (including phenoxy) is 1. The van der Waals surface area contributed by atoms with Crippen LogP contribution in [0.1, 0.15) is 43.7 Å². The van der Waals surface area contributed by atoms with Gasteiger partial charge < -0.3 is 15.2 Å². The van der Waals surface area contributed by atoms with Crippen molar-refractivity contribution in [3.05, 3.63) is 63.1 Å². The van der Waals surface area contributed by atoms with Gasteiger partial charge in [0.2, 0.25) is 0 Å².